The van der Waals surface area contributed by atoms with Crippen LogP contribution in [0.15, 0.2) is 30.0 Å². The van der Waals surface area contributed by atoms with E-state index in [4.69, 9.17) is 0 Å². The van der Waals surface area contributed by atoms with Crippen LogP contribution < -0.4 is 0 Å². The molecule has 1 fully saturated rings. The van der Waals surface area contributed by atoms with Crippen LogP contribution in [0.4, 0.5) is 13.2 Å². The SMILES string of the molecule is CC1(C)C[C@@]2(C=C(C#N)C1=O)CCN(C(=O)c1ccc(C(F)(F)F)nc1)C2. The summed E-state index contributed by atoms with van der Waals surface area (Å²) in [6.07, 6.45) is -0.856. The molecule has 0 bridgehead atoms. The number of hydrogen-bond acceptors (Lipinski definition) is 4. The Morgan fingerprint density at radius 2 is 2.04 bits per heavy atom. The molecule has 0 saturated carbocycles. The lowest BCUT2D eigenvalue weighted by Gasteiger charge is -2.38. The fraction of sp³-hybridized carbons (Fsp3) is 0.474. The topological polar surface area (TPSA) is 74.1 Å². The Labute approximate surface area is 154 Å². The van der Waals surface area contributed by atoms with Crippen LogP contribution in [-0.4, -0.2) is 34.7 Å². The highest BCUT2D eigenvalue weighted by molar-refractivity contribution is 6.03. The van der Waals surface area contributed by atoms with E-state index in [0.29, 0.717) is 25.9 Å². The van der Waals surface area contributed by atoms with Gasteiger partial charge in [-0.2, -0.15) is 18.4 Å². The lowest BCUT2D eigenvalue weighted by atomic mass is 9.64. The zero-order chi connectivity index (χ0) is 20.0. The maximum atomic E-state index is 12.7. The highest BCUT2D eigenvalue weighted by Crippen LogP contribution is 2.48. The van der Waals surface area contributed by atoms with Crippen molar-refractivity contribution in [2.45, 2.75) is 32.9 Å². The molecule has 1 saturated heterocycles. The fourth-order valence-electron chi connectivity index (χ4n) is 4.03. The molecule has 0 radical (unpaired) electrons. The van der Waals surface area contributed by atoms with Gasteiger partial charge in [-0.15, -0.1) is 0 Å². The second-order valence-corrected chi connectivity index (χ2v) is 7.83. The van der Waals surface area contributed by atoms with Crippen molar-refractivity contribution in [2.24, 2.45) is 10.8 Å². The van der Waals surface area contributed by atoms with Gasteiger partial charge in [0.15, 0.2) is 5.78 Å². The van der Waals surface area contributed by atoms with E-state index < -0.39 is 28.6 Å². The largest absolute Gasteiger partial charge is 0.433 e. The number of likely N-dealkylation sites (tertiary alicyclic amines) is 1. The van der Waals surface area contributed by atoms with Gasteiger partial charge in [-0.1, -0.05) is 19.9 Å². The number of nitrogens with zero attached hydrogens (tertiary/aromatic N) is 3. The lowest BCUT2D eigenvalue weighted by molar-refractivity contribution is -0.141. The minimum absolute atomic E-state index is 0.0793. The van der Waals surface area contributed by atoms with Gasteiger partial charge in [-0.25, -0.2) is 0 Å². The van der Waals surface area contributed by atoms with Gasteiger partial charge in [0.1, 0.15) is 11.8 Å². The second kappa shape index (κ2) is 6.19. The third-order valence-electron chi connectivity index (χ3n) is 5.20. The summed E-state index contributed by atoms with van der Waals surface area (Å²) >= 11 is 0. The Morgan fingerprint density at radius 3 is 2.59 bits per heavy atom. The summed E-state index contributed by atoms with van der Waals surface area (Å²) in [7, 11) is 0. The number of carbonyl (C=O) groups excluding carboxylic acids is 2. The van der Waals surface area contributed by atoms with Crippen molar-refractivity contribution >= 4 is 11.7 Å². The average Bonchev–Trinajstić information content (AvgIpc) is 2.99. The maximum Gasteiger partial charge on any atom is 0.433 e. The van der Waals surface area contributed by atoms with Gasteiger partial charge in [-0.3, -0.25) is 14.6 Å². The van der Waals surface area contributed by atoms with Crippen LogP contribution in [-0.2, 0) is 11.0 Å². The quantitative estimate of drug-likeness (QED) is 0.752. The van der Waals surface area contributed by atoms with Crippen LogP contribution in [0.2, 0.25) is 0 Å². The first kappa shape index (κ1) is 19.1. The number of alkyl halides is 3. The number of pyridine rings is 1. The Balaban J connectivity index is 1.82. The minimum Gasteiger partial charge on any atom is -0.338 e. The van der Waals surface area contributed by atoms with Crippen LogP contribution in [0.5, 0.6) is 0 Å². The van der Waals surface area contributed by atoms with Crippen LogP contribution in [0, 0.1) is 22.2 Å². The van der Waals surface area contributed by atoms with Gasteiger partial charge in [0.25, 0.3) is 5.91 Å². The zero-order valence-electron chi connectivity index (χ0n) is 14.9. The van der Waals surface area contributed by atoms with Crippen molar-refractivity contribution in [1.29, 1.82) is 5.26 Å². The molecule has 27 heavy (non-hydrogen) atoms. The number of allylic oxidation sites excluding steroid dienone is 1. The van der Waals surface area contributed by atoms with Crippen LogP contribution in [0.25, 0.3) is 0 Å². The highest BCUT2D eigenvalue weighted by Gasteiger charge is 2.49. The third kappa shape index (κ3) is 3.46. The van der Waals surface area contributed by atoms with Gasteiger partial charge < -0.3 is 4.90 Å². The molecule has 0 N–H and O–H groups in total. The summed E-state index contributed by atoms with van der Waals surface area (Å²) in [6, 6.07) is 3.85. The number of Topliss-reactive ketones (excluding diaryl/α,β-unsaturated/α-hetero) is 1. The molecule has 1 aliphatic carbocycles. The van der Waals surface area contributed by atoms with Crippen molar-refractivity contribution in [2.75, 3.05) is 13.1 Å². The monoisotopic (exact) mass is 377 g/mol. The maximum absolute atomic E-state index is 12.7. The molecule has 3 rings (SSSR count). The van der Waals surface area contributed by atoms with Crippen molar-refractivity contribution in [3.05, 3.63) is 41.2 Å². The third-order valence-corrected chi connectivity index (χ3v) is 5.20. The van der Waals surface area contributed by atoms with E-state index in [2.05, 4.69) is 4.98 Å². The van der Waals surface area contributed by atoms with Crippen molar-refractivity contribution < 1.29 is 22.8 Å². The van der Waals surface area contributed by atoms with Crippen molar-refractivity contribution in [3.63, 3.8) is 0 Å². The number of nitriles is 1. The Bertz CT molecular complexity index is 866. The van der Waals surface area contributed by atoms with Crippen LogP contribution in [0.1, 0.15) is 42.7 Å². The van der Waals surface area contributed by atoms with Crippen LogP contribution in [0.3, 0.4) is 0 Å². The Kier molecular flexibility index (Phi) is 4.37. The average molecular weight is 377 g/mol. The molecule has 2 aliphatic rings. The molecule has 0 aromatic carbocycles. The Hall–Kier alpha value is -2.69. The minimum atomic E-state index is -4.56. The van der Waals surface area contributed by atoms with Gasteiger partial charge in [-0.05, 0) is 25.0 Å². The molecule has 1 atom stereocenters. The van der Waals surface area contributed by atoms with E-state index in [1.165, 1.54) is 0 Å². The van der Waals surface area contributed by atoms with Gasteiger partial charge >= 0.3 is 6.18 Å². The Morgan fingerprint density at radius 1 is 1.33 bits per heavy atom. The van der Waals surface area contributed by atoms with Gasteiger partial charge in [0.05, 0.1) is 11.1 Å². The standard InChI is InChI=1S/C19H18F3N3O2/c1-17(2)10-18(7-13(8-23)15(17)26)5-6-25(11-18)16(27)12-3-4-14(24-9-12)19(20,21)22/h3-4,7,9H,5-6,10-11H2,1-2H3/t18-/m0/s1. The zero-order valence-corrected chi connectivity index (χ0v) is 14.9. The fourth-order valence-corrected chi connectivity index (χ4v) is 4.03. The number of carbonyl (C=O) groups is 2. The normalized spacial score (nSPS) is 24.7. The summed E-state index contributed by atoms with van der Waals surface area (Å²) in [5.41, 5.74) is -2.04. The first-order valence-corrected chi connectivity index (χ1v) is 8.48. The summed E-state index contributed by atoms with van der Waals surface area (Å²) in [4.78, 5) is 29.8. The predicted molar refractivity (Wildman–Crippen MR) is 89.3 cm³/mol. The van der Waals surface area contributed by atoms with E-state index in [1.807, 2.05) is 6.07 Å². The van der Waals surface area contributed by atoms with Gasteiger partial charge in [0.2, 0.25) is 0 Å². The summed E-state index contributed by atoms with van der Waals surface area (Å²) in [5.74, 6) is -0.609. The molecule has 8 heteroatoms. The molecule has 0 unspecified atom stereocenters. The number of ketones is 1. The van der Waals surface area contributed by atoms with E-state index in [-0.39, 0.29) is 16.9 Å². The molecule has 2 heterocycles. The molecule has 5 nitrogen and oxygen atoms in total. The van der Waals surface area contributed by atoms with Crippen LogP contribution >= 0.6 is 0 Å². The molecular weight excluding hydrogens is 359 g/mol. The molecule has 1 aromatic heterocycles. The van der Waals surface area contributed by atoms with Gasteiger partial charge in [0, 0.05) is 30.1 Å². The number of hydrogen-bond donors (Lipinski definition) is 0. The van der Waals surface area contributed by atoms with E-state index in [9.17, 15) is 28.0 Å². The summed E-state index contributed by atoms with van der Waals surface area (Å²) < 4.78 is 37.9. The first-order valence-electron chi connectivity index (χ1n) is 8.48. The lowest BCUT2D eigenvalue weighted by Crippen LogP contribution is -2.40. The number of halogens is 3. The summed E-state index contributed by atoms with van der Waals surface area (Å²) in [5, 5.41) is 9.26. The smallest absolute Gasteiger partial charge is 0.338 e. The molecule has 142 valence electrons. The molecular formula is C19H18F3N3O2. The van der Waals surface area contributed by atoms with Crippen molar-refractivity contribution in [1.82, 2.24) is 9.88 Å². The summed E-state index contributed by atoms with van der Waals surface area (Å²) in [6.45, 7) is 4.28. The molecule has 1 amide bonds. The second-order valence-electron chi connectivity index (χ2n) is 7.83. The number of amides is 1. The van der Waals surface area contributed by atoms with E-state index in [1.54, 1.807) is 24.8 Å². The molecule has 1 aromatic rings. The highest BCUT2D eigenvalue weighted by atomic mass is 19.4. The van der Waals surface area contributed by atoms with Crippen molar-refractivity contribution in [3.8, 4) is 6.07 Å². The molecule has 1 spiro atoms. The predicted octanol–water partition coefficient (Wildman–Crippen LogP) is 3.38. The van der Waals surface area contributed by atoms with E-state index >= 15 is 0 Å². The number of rotatable bonds is 1. The molecule has 1 aliphatic heterocycles. The van der Waals surface area contributed by atoms with E-state index in [0.717, 1.165) is 18.3 Å². The number of aromatic nitrogens is 1. The first-order chi connectivity index (χ1) is 12.5.